The van der Waals surface area contributed by atoms with E-state index in [2.05, 4.69) is 16.9 Å². The first-order valence-electron chi connectivity index (χ1n) is 5.89. The van der Waals surface area contributed by atoms with Crippen molar-refractivity contribution in [1.29, 1.82) is 0 Å². The van der Waals surface area contributed by atoms with Crippen molar-refractivity contribution in [2.24, 2.45) is 0 Å². The molecule has 3 nitrogen and oxygen atoms in total. The Kier molecular flexibility index (Phi) is 3.77. The first-order chi connectivity index (χ1) is 8.63. The molecule has 0 unspecified atom stereocenters. The summed E-state index contributed by atoms with van der Waals surface area (Å²) in [5.41, 5.74) is 3.20. The van der Waals surface area contributed by atoms with E-state index in [0.717, 1.165) is 34.8 Å². The van der Waals surface area contributed by atoms with E-state index in [1.54, 1.807) is 7.11 Å². The molecule has 1 heterocycles. The largest absolute Gasteiger partial charge is 0.496 e. The van der Waals surface area contributed by atoms with Crippen LogP contribution in [-0.4, -0.2) is 17.1 Å². The molecule has 0 amide bonds. The maximum atomic E-state index is 5.25. The van der Waals surface area contributed by atoms with Gasteiger partial charge in [0.05, 0.1) is 7.11 Å². The number of nitrogens with zero attached hydrogens (tertiary/aromatic N) is 1. The van der Waals surface area contributed by atoms with Gasteiger partial charge in [-0.15, -0.1) is 0 Å². The van der Waals surface area contributed by atoms with Gasteiger partial charge in [0, 0.05) is 11.3 Å². The summed E-state index contributed by atoms with van der Waals surface area (Å²) in [5.74, 6) is 1.69. The average Bonchev–Trinajstić information content (AvgIpc) is 2.37. The summed E-state index contributed by atoms with van der Waals surface area (Å²) in [7, 11) is 1.67. The van der Waals surface area contributed by atoms with Crippen molar-refractivity contribution in [2.75, 3.05) is 7.11 Å². The molecule has 2 rings (SSSR count). The Labute approximate surface area is 112 Å². The van der Waals surface area contributed by atoms with Crippen LogP contribution in [0.15, 0.2) is 24.3 Å². The molecule has 0 saturated heterocycles. The second kappa shape index (κ2) is 5.31. The van der Waals surface area contributed by atoms with Crippen LogP contribution in [-0.2, 0) is 6.42 Å². The number of hydrogen-bond donors (Lipinski definition) is 1. The Morgan fingerprint density at radius 1 is 1.33 bits per heavy atom. The lowest BCUT2D eigenvalue weighted by atomic mass is 10.1. The Balaban J connectivity index is 2.51. The third-order valence-electron chi connectivity index (χ3n) is 2.85. The van der Waals surface area contributed by atoms with Crippen LogP contribution >= 0.6 is 12.2 Å². The van der Waals surface area contributed by atoms with Crippen LogP contribution in [0.5, 0.6) is 5.75 Å². The summed E-state index contributed by atoms with van der Waals surface area (Å²) >= 11 is 5.18. The molecule has 18 heavy (non-hydrogen) atoms. The Morgan fingerprint density at radius 2 is 2.11 bits per heavy atom. The lowest BCUT2D eigenvalue weighted by Gasteiger charge is -2.08. The molecule has 0 aliphatic carbocycles. The molecule has 0 atom stereocenters. The molecule has 1 aromatic heterocycles. The summed E-state index contributed by atoms with van der Waals surface area (Å²) in [4.78, 5) is 7.66. The highest BCUT2D eigenvalue weighted by atomic mass is 32.1. The molecule has 1 aromatic carbocycles. The van der Waals surface area contributed by atoms with Crippen molar-refractivity contribution < 1.29 is 4.74 Å². The predicted molar refractivity (Wildman–Crippen MR) is 75.5 cm³/mol. The molecular formula is C14H16N2OS. The van der Waals surface area contributed by atoms with Crippen molar-refractivity contribution in [3.8, 4) is 17.1 Å². The lowest BCUT2D eigenvalue weighted by molar-refractivity contribution is 0.412. The van der Waals surface area contributed by atoms with Crippen LogP contribution < -0.4 is 4.74 Å². The topological polar surface area (TPSA) is 37.9 Å². The maximum Gasteiger partial charge on any atom is 0.139 e. The van der Waals surface area contributed by atoms with E-state index in [9.17, 15) is 0 Å². The number of nitrogens with one attached hydrogen (secondary N) is 1. The van der Waals surface area contributed by atoms with E-state index < -0.39 is 0 Å². The Bertz CT molecular complexity index is 619. The lowest BCUT2D eigenvalue weighted by Crippen LogP contribution is -1.96. The number of ether oxygens (including phenoxy) is 1. The molecule has 0 bridgehead atoms. The minimum atomic E-state index is 0.620. The second-order valence-electron chi connectivity index (χ2n) is 4.13. The number of benzene rings is 1. The molecule has 2 aromatic rings. The van der Waals surface area contributed by atoms with Gasteiger partial charge < -0.3 is 9.72 Å². The monoisotopic (exact) mass is 260 g/mol. The number of rotatable bonds is 3. The van der Waals surface area contributed by atoms with Gasteiger partial charge in [0.15, 0.2) is 0 Å². The summed E-state index contributed by atoms with van der Waals surface area (Å²) in [5, 5.41) is 0. The molecule has 0 spiro atoms. The van der Waals surface area contributed by atoms with Gasteiger partial charge in [-0.2, -0.15) is 0 Å². The molecular weight excluding hydrogens is 244 g/mol. The van der Waals surface area contributed by atoms with Crippen LogP contribution in [0.1, 0.15) is 18.2 Å². The molecule has 0 saturated carbocycles. The first-order valence-corrected chi connectivity index (χ1v) is 6.30. The van der Waals surface area contributed by atoms with E-state index in [1.165, 1.54) is 0 Å². The van der Waals surface area contributed by atoms with Gasteiger partial charge in [-0.3, -0.25) is 0 Å². The van der Waals surface area contributed by atoms with Crippen LogP contribution in [0.4, 0.5) is 0 Å². The standard InChI is InChI=1S/C14H16N2OS/c1-4-11-8-13(18)16-14(15-11)10-5-6-12(17-3)9(2)7-10/h5-8H,4H2,1-3H3,(H,15,16,18). The van der Waals surface area contributed by atoms with E-state index in [0.29, 0.717) is 4.64 Å². The SMILES string of the molecule is CCc1cc(=S)nc(-c2ccc(OC)c(C)c2)[nH]1. The average molecular weight is 260 g/mol. The van der Waals surface area contributed by atoms with Gasteiger partial charge in [-0.1, -0.05) is 19.1 Å². The zero-order chi connectivity index (χ0) is 13.1. The van der Waals surface area contributed by atoms with Crippen molar-refractivity contribution in [3.05, 3.63) is 40.2 Å². The Hall–Kier alpha value is -1.68. The minimum Gasteiger partial charge on any atom is -0.496 e. The molecule has 4 heteroatoms. The van der Waals surface area contributed by atoms with E-state index in [1.807, 2.05) is 31.2 Å². The van der Waals surface area contributed by atoms with Crippen LogP contribution in [0.3, 0.4) is 0 Å². The number of aromatic amines is 1. The van der Waals surface area contributed by atoms with Crippen molar-refractivity contribution in [3.63, 3.8) is 0 Å². The minimum absolute atomic E-state index is 0.620. The van der Waals surface area contributed by atoms with Gasteiger partial charge in [0.2, 0.25) is 0 Å². The van der Waals surface area contributed by atoms with Crippen LogP contribution in [0, 0.1) is 11.6 Å². The van der Waals surface area contributed by atoms with Crippen molar-refractivity contribution >= 4 is 12.2 Å². The normalized spacial score (nSPS) is 10.4. The third-order valence-corrected chi connectivity index (χ3v) is 3.06. The van der Waals surface area contributed by atoms with E-state index in [4.69, 9.17) is 17.0 Å². The zero-order valence-corrected chi connectivity index (χ0v) is 11.6. The quantitative estimate of drug-likeness (QED) is 0.855. The fourth-order valence-corrected chi connectivity index (χ4v) is 2.09. The van der Waals surface area contributed by atoms with Gasteiger partial charge in [-0.25, -0.2) is 4.98 Å². The number of aryl methyl sites for hydroxylation is 2. The summed E-state index contributed by atoms with van der Waals surface area (Å²) < 4.78 is 5.87. The van der Waals surface area contributed by atoms with Crippen molar-refractivity contribution in [2.45, 2.75) is 20.3 Å². The molecule has 0 radical (unpaired) electrons. The van der Waals surface area contributed by atoms with Gasteiger partial charge in [-0.05, 0) is 43.2 Å². The molecule has 1 N–H and O–H groups in total. The smallest absolute Gasteiger partial charge is 0.139 e. The first kappa shape index (κ1) is 12.8. The zero-order valence-electron chi connectivity index (χ0n) is 10.8. The molecule has 94 valence electrons. The molecule has 0 aliphatic rings. The van der Waals surface area contributed by atoms with Crippen LogP contribution in [0.2, 0.25) is 0 Å². The summed E-state index contributed by atoms with van der Waals surface area (Å²) in [6, 6.07) is 7.88. The van der Waals surface area contributed by atoms with Crippen LogP contribution in [0.25, 0.3) is 11.4 Å². The molecule has 0 fully saturated rings. The van der Waals surface area contributed by atoms with E-state index >= 15 is 0 Å². The number of H-pyrrole nitrogens is 1. The number of methoxy groups -OCH3 is 1. The second-order valence-corrected chi connectivity index (χ2v) is 4.55. The van der Waals surface area contributed by atoms with Gasteiger partial charge in [0.25, 0.3) is 0 Å². The maximum absolute atomic E-state index is 5.25. The number of hydrogen-bond acceptors (Lipinski definition) is 3. The summed E-state index contributed by atoms with van der Waals surface area (Å²) in [6.07, 6.45) is 0.911. The number of aromatic nitrogens is 2. The summed E-state index contributed by atoms with van der Waals surface area (Å²) in [6.45, 7) is 4.10. The Morgan fingerprint density at radius 3 is 2.72 bits per heavy atom. The predicted octanol–water partition coefficient (Wildman–Crippen LogP) is 3.69. The highest BCUT2D eigenvalue weighted by Crippen LogP contribution is 2.23. The third kappa shape index (κ3) is 2.59. The van der Waals surface area contributed by atoms with E-state index in [-0.39, 0.29) is 0 Å². The highest BCUT2D eigenvalue weighted by Gasteiger charge is 2.05. The van der Waals surface area contributed by atoms with Crippen molar-refractivity contribution in [1.82, 2.24) is 9.97 Å². The fourth-order valence-electron chi connectivity index (χ4n) is 1.86. The van der Waals surface area contributed by atoms with Gasteiger partial charge in [0.1, 0.15) is 16.2 Å². The fraction of sp³-hybridized carbons (Fsp3) is 0.286. The van der Waals surface area contributed by atoms with Gasteiger partial charge >= 0.3 is 0 Å². The highest BCUT2D eigenvalue weighted by molar-refractivity contribution is 7.71. The molecule has 0 aliphatic heterocycles.